The summed E-state index contributed by atoms with van der Waals surface area (Å²) < 4.78 is 0. The fourth-order valence-corrected chi connectivity index (χ4v) is 1.82. The van der Waals surface area contributed by atoms with E-state index in [4.69, 9.17) is 0 Å². The Balaban J connectivity index is 0. The molecule has 0 aromatic rings. The van der Waals surface area contributed by atoms with Gasteiger partial charge in [0, 0.05) is 0 Å². The Morgan fingerprint density at radius 3 is 1.47 bits per heavy atom. The molecule has 0 amide bonds. The molecule has 0 N–H and O–H groups in total. The molecule has 0 aliphatic carbocycles. The highest BCUT2D eigenvalue weighted by molar-refractivity contribution is 4.65. The van der Waals surface area contributed by atoms with Crippen LogP contribution in [0, 0.1) is 23.7 Å². The lowest BCUT2D eigenvalue weighted by atomic mass is 9.84. The molecule has 0 heteroatoms. The van der Waals surface area contributed by atoms with Crippen molar-refractivity contribution in [1.29, 1.82) is 0 Å². The molecule has 0 aliphatic rings. The highest BCUT2D eigenvalue weighted by Crippen LogP contribution is 2.25. The van der Waals surface area contributed by atoms with Crippen LogP contribution in [0.5, 0.6) is 0 Å². The molecule has 0 bridgehead atoms. The van der Waals surface area contributed by atoms with Gasteiger partial charge in [0.25, 0.3) is 0 Å². The smallest absolute Gasteiger partial charge is 0.0394 e. The van der Waals surface area contributed by atoms with E-state index < -0.39 is 0 Å². The summed E-state index contributed by atoms with van der Waals surface area (Å²) in [5.74, 6) is 3.56. The van der Waals surface area contributed by atoms with E-state index in [1.54, 1.807) is 0 Å². The Morgan fingerprint density at radius 1 is 0.733 bits per heavy atom. The van der Waals surface area contributed by atoms with Crippen molar-refractivity contribution < 1.29 is 0 Å². The van der Waals surface area contributed by atoms with Gasteiger partial charge in [-0.15, -0.1) is 0 Å². The first-order chi connectivity index (χ1) is 6.99. The van der Waals surface area contributed by atoms with Gasteiger partial charge in [-0.3, -0.25) is 0 Å². The highest BCUT2D eigenvalue weighted by atomic mass is 14.2. The summed E-state index contributed by atoms with van der Waals surface area (Å²) in [6.45, 7) is 18.1. The van der Waals surface area contributed by atoms with E-state index >= 15 is 0 Å². The molecule has 0 fully saturated rings. The van der Waals surface area contributed by atoms with Gasteiger partial charge in [-0.25, -0.2) is 0 Å². The molecule has 0 nitrogen and oxygen atoms in total. The van der Waals surface area contributed by atoms with Crippen LogP contribution in [0.1, 0.15) is 74.7 Å². The van der Waals surface area contributed by atoms with E-state index in [1.807, 2.05) is 13.8 Å². The molecule has 0 rings (SSSR count). The molecule has 0 aliphatic heterocycles. The number of hydrogen-bond donors (Lipinski definition) is 0. The molecule has 0 aromatic carbocycles. The number of hydrogen-bond acceptors (Lipinski definition) is 0. The predicted octanol–water partition coefficient (Wildman–Crippen LogP) is 5.77. The van der Waals surface area contributed by atoms with Crippen LogP contribution in [-0.2, 0) is 0 Å². The van der Waals surface area contributed by atoms with Gasteiger partial charge in [0.15, 0.2) is 0 Å². The van der Waals surface area contributed by atoms with E-state index in [0.29, 0.717) is 0 Å². The van der Waals surface area contributed by atoms with Gasteiger partial charge in [0.1, 0.15) is 0 Å². The zero-order valence-corrected chi connectivity index (χ0v) is 12.4. The van der Waals surface area contributed by atoms with Crippen molar-refractivity contribution in [3.63, 3.8) is 0 Å². The summed E-state index contributed by atoms with van der Waals surface area (Å²) >= 11 is 0. The first-order valence-electron chi connectivity index (χ1n) is 6.99. The first-order valence-corrected chi connectivity index (χ1v) is 6.99. The number of rotatable bonds is 6. The molecule has 0 radical (unpaired) electrons. The van der Waals surface area contributed by atoms with Gasteiger partial charge in [-0.2, -0.15) is 0 Å². The maximum Gasteiger partial charge on any atom is -0.0394 e. The zero-order chi connectivity index (χ0) is 12.4. The van der Waals surface area contributed by atoms with E-state index in [9.17, 15) is 0 Å². The van der Waals surface area contributed by atoms with E-state index in [-0.39, 0.29) is 0 Å². The van der Waals surface area contributed by atoms with E-state index in [0.717, 1.165) is 23.7 Å². The molecular formula is C15H34. The quantitative estimate of drug-likeness (QED) is 0.527. The largest absolute Gasteiger partial charge is 0.0683 e. The third kappa shape index (κ3) is 8.96. The molecule has 0 spiro atoms. The van der Waals surface area contributed by atoms with Crippen molar-refractivity contribution in [2.24, 2.45) is 23.7 Å². The minimum absolute atomic E-state index is 0.852. The Bertz CT molecular complexity index is 113. The van der Waals surface area contributed by atoms with Crippen molar-refractivity contribution in [1.82, 2.24) is 0 Å². The van der Waals surface area contributed by atoms with Crippen LogP contribution in [0.4, 0.5) is 0 Å². The monoisotopic (exact) mass is 214 g/mol. The van der Waals surface area contributed by atoms with Gasteiger partial charge in [0.2, 0.25) is 0 Å². The van der Waals surface area contributed by atoms with Gasteiger partial charge >= 0.3 is 0 Å². The minimum atomic E-state index is 0.852. The summed E-state index contributed by atoms with van der Waals surface area (Å²) in [4.78, 5) is 0. The van der Waals surface area contributed by atoms with Gasteiger partial charge in [0.05, 0.1) is 0 Å². The van der Waals surface area contributed by atoms with Crippen molar-refractivity contribution >= 4 is 0 Å². The summed E-state index contributed by atoms with van der Waals surface area (Å²) in [5.41, 5.74) is 0. The van der Waals surface area contributed by atoms with Gasteiger partial charge in [-0.05, 0) is 30.1 Å². The van der Waals surface area contributed by atoms with Crippen LogP contribution in [0.3, 0.4) is 0 Å². The fraction of sp³-hybridized carbons (Fsp3) is 1.00. The van der Waals surface area contributed by atoms with Crippen molar-refractivity contribution in [3.05, 3.63) is 0 Å². The molecule has 2 unspecified atom stereocenters. The second kappa shape index (κ2) is 10.5. The van der Waals surface area contributed by atoms with Crippen LogP contribution < -0.4 is 0 Å². The van der Waals surface area contributed by atoms with Crippen molar-refractivity contribution in [2.75, 3.05) is 0 Å². The second-order valence-electron chi connectivity index (χ2n) is 5.21. The summed E-state index contributed by atoms with van der Waals surface area (Å²) in [6, 6.07) is 0. The molecule has 2 atom stereocenters. The molecule has 0 saturated heterocycles. The van der Waals surface area contributed by atoms with Crippen LogP contribution in [0.2, 0.25) is 0 Å². The predicted molar refractivity (Wildman–Crippen MR) is 73.2 cm³/mol. The van der Waals surface area contributed by atoms with E-state index in [2.05, 4.69) is 41.5 Å². The van der Waals surface area contributed by atoms with Crippen LogP contribution >= 0.6 is 0 Å². The average Bonchev–Trinajstić information content (AvgIpc) is 2.20. The minimum Gasteiger partial charge on any atom is -0.0683 e. The fourth-order valence-electron chi connectivity index (χ4n) is 1.82. The van der Waals surface area contributed by atoms with Crippen LogP contribution in [0.15, 0.2) is 0 Å². The molecule has 94 valence electrons. The molecular weight excluding hydrogens is 180 g/mol. The van der Waals surface area contributed by atoms with Gasteiger partial charge in [-0.1, -0.05) is 68.2 Å². The SMILES string of the molecule is CC.CCC(CCC(C)C(C)C)C(C)C. The maximum absolute atomic E-state index is 2.39. The third-order valence-electron chi connectivity index (χ3n) is 3.60. The van der Waals surface area contributed by atoms with Crippen LogP contribution in [0.25, 0.3) is 0 Å². The lowest BCUT2D eigenvalue weighted by Gasteiger charge is -2.22. The Labute approximate surface area is 98.9 Å². The van der Waals surface area contributed by atoms with Crippen LogP contribution in [-0.4, -0.2) is 0 Å². The maximum atomic E-state index is 2.39. The molecule has 15 heavy (non-hydrogen) atoms. The van der Waals surface area contributed by atoms with Crippen molar-refractivity contribution in [2.45, 2.75) is 74.7 Å². The molecule has 0 heterocycles. The summed E-state index contributed by atoms with van der Waals surface area (Å²) in [5, 5.41) is 0. The molecule has 0 aromatic heterocycles. The standard InChI is InChI=1S/C13H28.C2H6/c1-7-13(11(4)5)9-8-12(6)10(2)3;1-2/h10-13H,7-9H2,1-6H3;1-2H3. The molecule has 0 saturated carbocycles. The normalized spacial score (nSPS) is 14.8. The van der Waals surface area contributed by atoms with E-state index in [1.165, 1.54) is 19.3 Å². The topological polar surface area (TPSA) is 0 Å². The Morgan fingerprint density at radius 2 is 1.20 bits per heavy atom. The average molecular weight is 214 g/mol. The summed E-state index contributed by atoms with van der Waals surface area (Å²) in [6.07, 6.45) is 4.18. The second-order valence-corrected chi connectivity index (χ2v) is 5.21. The Hall–Kier alpha value is 0. The summed E-state index contributed by atoms with van der Waals surface area (Å²) in [7, 11) is 0. The lowest BCUT2D eigenvalue weighted by molar-refractivity contribution is 0.290. The highest BCUT2D eigenvalue weighted by Gasteiger charge is 2.14. The van der Waals surface area contributed by atoms with Crippen molar-refractivity contribution in [3.8, 4) is 0 Å². The van der Waals surface area contributed by atoms with Gasteiger partial charge < -0.3 is 0 Å². The first kappa shape index (κ1) is 17.4. The third-order valence-corrected chi connectivity index (χ3v) is 3.60. The lowest BCUT2D eigenvalue weighted by Crippen LogP contribution is -2.11. The Kier molecular flexibility index (Phi) is 12.2. The zero-order valence-electron chi connectivity index (χ0n) is 12.4.